The summed E-state index contributed by atoms with van der Waals surface area (Å²) in [5.74, 6) is 1.02. The normalized spacial score (nSPS) is 11.9. The first-order chi connectivity index (χ1) is 17.5. The van der Waals surface area contributed by atoms with Gasteiger partial charge in [0, 0.05) is 16.9 Å². The maximum atomic E-state index is 12.6. The Labute approximate surface area is 212 Å². The Balaban J connectivity index is 1.44. The number of ether oxygens (including phenoxy) is 2. The minimum absolute atomic E-state index is 0.0930. The van der Waals surface area contributed by atoms with Crippen LogP contribution < -0.4 is 14.9 Å². The number of rotatable bonds is 9. The summed E-state index contributed by atoms with van der Waals surface area (Å²) in [7, 11) is 1.60. The van der Waals surface area contributed by atoms with Gasteiger partial charge in [-0.3, -0.25) is 4.79 Å². The summed E-state index contributed by atoms with van der Waals surface area (Å²) in [6.07, 6.45) is 2.57. The molecule has 0 saturated carbocycles. The average molecular weight is 482 g/mol. The highest BCUT2D eigenvalue weighted by Gasteiger charge is 2.11. The van der Waals surface area contributed by atoms with Crippen LogP contribution in [0.3, 0.4) is 0 Å². The smallest absolute Gasteiger partial charge is 0.271 e. The summed E-state index contributed by atoms with van der Waals surface area (Å²) in [4.78, 5) is 12.6. The summed E-state index contributed by atoms with van der Waals surface area (Å²) in [6, 6.07) is 27.5. The minimum Gasteiger partial charge on any atom is -0.493 e. The van der Waals surface area contributed by atoms with Crippen LogP contribution in [0.1, 0.15) is 41.9 Å². The van der Waals surface area contributed by atoms with Crippen LogP contribution in [0.15, 0.2) is 90.0 Å². The lowest BCUT2D eigenvalue weighted by Gasteiger charge is -2.15. The Morgan fingerprint density at radius 1 is 1.00 bits per heavy atom. The molecular formula is C30H31N3O3. The molecule has 0 aliphatic carbocycles. The van der Waals surface area contributed by atoms with Crippen LogP contribution in [-0.2, 0) is 0 Å². The Bertz CT molecular complexity index is 1340. The molecule has 0 saturated heterocycles. The van der Waals surface area contributed by atoms with E-state index < -0.39 is 0 Å². The topological polar surface area (TPSA) is 64.8 Å². The molecule has 184 valence electrons. The summed E-state index contributed by atoms with van der Waals surface area (Å²) < 4.78 is 13.5. The second-order valence-electron chi connectivity index (χ2n) is 8.55. The summed E-state index contributed by atoms with van der Waals surface area (Å²) in [5.41, 5.74) is 8.25. The quantitative estimate of drug-likeness (QED) is 0.222. The third-order valence-electron chi connectivity index (χ3n) is 6.00. The van der Waals surface area contributed by atoms with Crippen molar-refractivity contribution in [3.63, 3.8) is 0 Å². The minimum atomic E-state index is -0.283. The predicted molar refractivity (Wildman–Crippen MR) is 144 cm³/mol. The van der Waals surface area contributed by atoms with Gasteiger partial charge in [0.05, 0.1) is 25.1 Å². The van der Waals surface area contributed by atoms with Crippen molar-refractivity contribution in [1.29, 1.82) is 0 Å². The number of aromatic nitrogens is 1. The van der Waals surface area contributed by atoms with Crippen molar-refractivity contribution in [2.45, 2.75) is 33.3 Å². The third kappa shape index (κ3) is 5.66. The van der Waals surface area contributed by atoms with Crippen molar-refractivity contribution in [2.75, 3.05) is 7.11 Å². The number of nitrogens with zero attached hydrogens (tertiary/aromatic N) is 2. The molecule has 6 heteroatoms. The second-order valence-corrected chi connectivity index (χ2v) is 8.55. The van der Waals surface area contributed by atoms with Crippen molar-refractivity contribution < 1.29 is 14.3 Å². The number of benzene rings is 3. The van der Waals surface area contributed by atoms with Crippen molar-refractivity contribution in [3.8, 4) is 28.4 Å². The van der Waals surface area contributed by atoms with Crippen LogP contribution >= 0.6 is 0 Å². The zero-order valence-electron chi connectivity index (χ0n) is 21.1. The number of nitrogens with one attached hydrogen (secondary N) is 1. The maximum absolute atomic E-state index is 12.6. The average Bonchev–Trinajstić information content (AvgIpc) is 3.31. The molecule has 4 aromatic rings. The number of hydrazone groups is 1. The molecule has 0 aliphatic rings. The number of aryl methyl sites for hydroxylation is 1. The number of hydrogen-bond donors (Lipinski definition) is 1. The fourth-order valence-corrected chi connectivity index (χ4v) is 3.87. The Morgan fingerprint density at radius 3 is 2.44 bits per heavy atom. The van der Waals surface area contributed by atoms with Crippen molar-refractivity contribution in [1.82, 2.24) is 9.99 Å². The van der Waals surface area contributed by atoms with Gasteiger partial charge in [0.15, 0.2) is 11.5 Å². The lowest BCUT2D eigenvalue weighted by Crippen LogP contribution is -2.17. The SMILES string of the molecule is CC[C@H](C)Oc1ccc(/C=N/NC(=O)c2ccc(-n3c(C)ccc3-c3ccccc3)cc2)cc1OC. The third-order valence-corrected chi connectivity index (χ3v) is 6.00. The number of carbonyl (C=O) groups is 1. The zero-order chi connectivity index (χ0) is 25.5. The Hall–Kier alpha value is -4.32. The van der Waals surface area contributed by atoms with E-state index in [2.05, 4.69) is 53.2 Å². The van der Waals surface area contributed by atoms with Gasteiger partial charge in [0.1, 0.15) is 0 Å². The molecule has 0 radical (unpaired) electrons. The molecule has 1 amide bonds. The van der Waals surface area contributed by atoms with Gasteiger partial charge in [0.25, 0.3) is 5.91 Å². The standard InChI is InChI=1S/C30H31N3O3/c1-5-22(3)36-28-18-12-23(19-29(28)35-4)20-31-32-30(34)25-13-15-26(16-14-25)33-21(2)11-17-27(33)24-9-7-6-8-10-24/h6-20,22H,5H2,1-4H3,(H,32,34)/b31-20+/t22-/m0/s1. The number of hydrogen-bond acceptors (Lipinski definition) is 4. The van der Waals surface area contributed by atoms with Crippen molar-refractivity contribution in [3.05, 3.63) is 102 Å². The van der Waals surface area contributed by atoms with Gasteiger partial charge in [-0.05, 0) is 86.0 Å². The molecule has 0 unspecified atom stereocenters. The Kier molecular flexibility index (Phi) is 7.85. The van der Waals surface area contributed by atoms with Crippen LogP contribution in [0, 0.1) is 6.92 Å². The molecule has 1 N–H and O–H groups in total. The molecule has 1 heterocycles. The molecule has 6 nitrogen and oxygen atoms in total. The summed E-state index contributed by atoms with van der Waals surface area (Å²) in [5, 5.41) is 4.11. The Morgan fingerprint density at radius 2 is 1.75 bits per heavy atom. The number of methoxy groups -OCH3 is 1. The number of carbonyl (C=O) groups excluding carboxylic acids is 1. The van der Waals surface area contributed by atoms with Gasteiger partial charge >= 0.3 is 0 Å². The van der Waals surface area contributed by atoms with Gasteiger partial charge in [-0.25, -0.2) is 5.43 Å². The summed E-state index contributed by atoms with van der Waals surface area (Å²) in [6.45, 7) is 6.15. The zero-order valence-corrected chi connectivity index (χ0v) is 21.1. The molecule has 1 atom stereocenters. The monoisotopic (exact) mass is 481 g/mol. The lowest BCUT2D eigenvalue weighted by atomic mass is 10.1. The van der Waals surface area contributed by atoms with Crippen molar-refractivity contribution >= 4 is 12.1 Å². The first kappa shape index (κ1) is 24.8. The van der Waals surface area contributed by atoms with Crippen LogP contribution in [0.2, 0.25) is 0 Å². The maximum Gasteiger partial charge on any atom is 0.271 e. The van der Waals surface area contributed by atoms with E-state index in [1.54, 1.807) is 25.5 Å². The molecule has 4 rings (SSSR count). The molecule has 0 bridgehead atoms. The van der Waals surface area contributed by atoms with Crippen LogP contribution in [0.5, 0.6) is 11.5 Å². The van der Waals surface area contributed by atoms with Gasteiger partial charge in [0.2, 0.25) is 0 Å². The molecule has 0 spiro atoms. The fourth-order valence-electron chi connectivity index (χ4n) is 3.87. The highest BCUT2D eigenvalue weighted by molar-refractivity contribution is 5.95. The van der Waals surface area contributed by atoms with Gasteiger partial charge in [-0.2, -0.15) is 5.10 Å². The van der Waals surface area contributed by atoms with Crippen LogP contribution in [-0.4, -0.2) is 29.9 Å². The molecule has 3 aromatic carbocycles. The summed E-state index contributed by atoms with van der Waals surface area (Å²) >= 11 is 0. The van der Waals surface area contributed by atoms with E-state index in [1.807, 2.05) is 55.5 Å². The first-order valence-corrected chi connectivity index (χ1v) is 12.0. The first-order valence-electron chi connectivity index (χ1n) is 12.0. The van der Waals surface area contributed by atoms with E-state index >= 15 is 0 Å². The second kappa shape index (κ2) is 11.4. The van der Waals surface area contributed by atoms with Gasteiger partial charge in [-0.15, -0.1) is 0 Å². The van der Waals surface area contributed by atoms with E-state index in [1.165, 1.54) is 0 Å². The largest absolute Gasteiger partial charge is 0.493 e. The van der Waals surface area contributed by atoms with Gasteiger partial charge in [-0.1, -0.05) is 37.3 Å². The van der Waals surface area contributed by atoms with Crippen molar-refractivity contribution in [2.24, 2.45) is 5.10 Å². The molecular weight excluding hydrogens is 450 g/mol. The van der Waals surface area contributed by atoms with E-state index in [0.717, 1.165) is 34.6 Å². The highest BCUT2D eigenvalue weighted by atomic mass is 16.5. The predicted octanol–water partition coefficient (Wildman–Crippen LogP) is 6.40. The van der Waals surface area contributed by atoms with E-state index in [0.29, 0.717) is 17.1 Å². The number of amides is 1. The highest BCUT2D eigenvalue weighted by Crippen LogP contribution is 2.29. The van der Waals surface area contributed by atoms with E-state index in [4.69, 9.17) is 9.47 Å². The van der Waals surface area contributed by atoms with Crippen LogP contribution in [0.25, 0.3) is 16.9 Å². The molecule has 0 aliphatic heterocycles. The molecule has 1 aromatic heterocycles. The molecule has 36 heavy (non-hydrogen) atoms. The van der Waals surface area contributed by atoms with E-state index in [-0.39, 0.29) is 12.0 Å². The fraction of sp³-hybridized carbons (Fsp3) is 0.200. The van der Waals surface area contributed by atoms with Crippen LogP contribution in [0.4, 0.5) is 0 Å². The lowest BCUT2D eigenvalue weighted by molar-refractivity contribution is 0.0955. The molecule has 0 fully saturated rings. The van der Waals surface area contributed by atoms with Gasteiger partial charge < -0.3 is 14.0 Å². The van der Waals surface area contributed by atoms with E-state index in [9.17, 15) is 4.79 Å².